The van der Waals surface area contributed by atoms with Gasteiger partial charge in [-0.2, -0.15) is 0 Å². The minimum atomic E-state index is -0.0903. The largest absolute Gasteiger partial charge is 0.478 e. The number of aromatic nitrogens is 1. The minimum Gasteiger partial charge on any atom is -0.478 e. The molecule has 0 bridgehead atoms. The van der Waals surface area contributed by atoms with E-state index in [1.807, 2.05) is 6.92 Å². The van der Waals surface area contributed by atoms with Crippen molar-refractivity contribution in [2.75, 3.05) is 6.61 Å². The number of carbonyl (C=O) groups excluding carboxylic acids is 1. The van der Waals surface area contributed by atoms with Crippen LogP contribution in [0.25, 0.3) is 0 Å². The molecule has 0 radical (unpaired) electrons. The molecule has 1 aromatic heterocycles. The highest BCUT2D eigenvalue weighted by atomic mass is 16.5. The van der Waals surface area contributed by atoms with E-state index in [9.17, 15) is 4.79 Å². The molecule has 33 heavy (non-hydrogen) atoms. The summed E-state index contributed by atoms with van der Waals surface area (Å²) in [5.41, 5.74) is 0. The fourth-order valence-electron chi connectivity index (χ4n) is 5.86. The molecular formula is C29H47NO3. The summed E-state index contributed by atoms with van der Waals surface area (Å²) in [7, 11) is 0. The van der Waals surface area contributed by atoms with E-state index in [4.69, 9.17) is 9.47 Å². The van der Waals surface area contributed by atoms with Crippen LogP contribution < -0.4 is 9.47 Å². The van der Waals surface area contributed by atoms with Crippen molar-refractivity contribution in [2.24, 2.45) is 23.7 Å². The van der Waals surface area contributed by atoms with E-state index in [-0.39, 0.29) is 11.9 Å². The fourth-order valence-corrected chi connectivity index (χ4v) is 5.86. The van der Waals surface area contributed by atoms with Crippen LogP contribution in [0.4, 0.5) is 0 Å². The molecule has 2 aliphatic carbocycles. The van der Waals surface area contributed by atoms with E-state index in [1.54, 1.807) is 18.3 Å². The topological polar surface area (TPSA) is 48.4 Å². The van der Waals surface area contributed by atoms with Gasteiger partial charge < -0.3 is 9.47 Å². The average molecular weight is 458 g/mol. The third kappa shape index (κ3) is 9.29. The first-order valence-electron chi connectivity index (χ1n) is 14.0. The first kappa shape index (κ1) is 26.0. The van der Waals surface area contributed by atoms with Crippen LogP contribution in [-0.4, -0.2) is 17.6 Å². The molecule has 4 heteroatoms. The molecule has 2 saturated carbocycles. The highest BCUT2D eigenvalue weighted by Crippen LogP contribution is 2.38. The molecular weight excluding hydrogens is 410 g/mol. The summed E-state index contributed by atoms with van der Waals surface area (Å²) in [5, 5.41) is 0. The molecule has 3 rings (SSSR count). The van der Waals surface area contributed by atoms with Crippen LogP contribution in [0, 0.1) is 23.7 Å². The van der Waals surface area contributed by atoms with Crippen LogP contribution in [0.15, 0.2) is 18.3 Å². The smallest absolute Gasteiger partial charge is 0.314 e. The lowest BCUT2D eigenvalue weighted by atomic mass is 9.75. The first-order chi connectivity index (χ1) is 16.2. The number of nitrogens with zero attached hydrogens (tertiary/aromatic N) is 1. The molecule has 0 N–H and O–H groups in total. The number of unbranched alkanes of at least 4 members (excludes halogenated alkanes) is 4. The van der Waals surface area contributed by atoms with Crippen molar-refractivity contribution in [3.63, 3.8) is 0 Å². The van der Waals surface area contributed by atoms with Crippen LogP contribution in [0.1, 0.15) is 117 Å². The van der Waals surface area contributed by atoms with Crippen molar-refractivity contribution in [1.29, 1.82) is 0 Å². The van der Waals surface area contributed by atoms with Crippen molar-refractivity contribution in [3.05, 3.63) is 18.3 Å². The number of esters is 1. The molecule has 4 nitrogen and oxygen atoms in total. The quantitative estimate of drug-likeness (QED) is 0.221. The molecule has 1 heterocycles. The summed E-state index contributed by atoms with van der Waals surface area (Å²) in [6.07, 6.45) is 23.1. The van der Waals surface area contributed by atoms with Gasteiger partial charge in [-0.05, 0) is 56.4 Å². The number of hydrogen-bond donors (Lipinski definition) is 0. The third-order valence-corrected chi connectivity index (χ3v) is 8.07. The molecule has 0 saturated heterocycles. The van der Waals surface area contributed by atoms with Gasteiger partial charge >= 0.3 is 5.97 Å². The monoisotopic (exact) mass is 457 g/mol. The lowest BCUT2D eigenvalue weighted by Crippen LogP contribution is -2.26. The fraction of sp³-hybridized carbons (Fsp3) is 0.793. The highest BCUT2D eigenvalue weighted by molar-refractivity contribution is 5.75. The van der Waals surface area contributed by atoms with Gasteiger partial charge in [-0.1, -0.05) is 84.0 Å². The average Bonchev–Trinajstić information content (AvgIpc) is 2.85. The van der Waals surface area contributed by atoms with E-state index in [2.05, 4.69) is 11.9 Å². The maximum absolute atomic E-state index is 12.6. The Morgan fingerprint density at radius 1 is 0.818 bits per heavy atom. The Labute approximate surface area is 202 Å². The number of ether oxygens (including phenoxy) is 2. The predicted molar refractivity (Wildman–Crippen MR) is 135 cm³/mol. The Morgan fingerprint density at radius 2 is 1.42 bits per heavy atom. The summed E-state index contributed by atoms with van der Waals surface area (Å²) in [6.45, 7) is 4.80. The van der Waals surface area contributed by atoms with Gasteiger partial charge in [0.05, 0.1) is 18.7 Å². The van der Waals surface area contributed by atoms with Crippen molar-refractivity contribution < 1.29 is 14.3 Å². The van der Waals surface area contributed by atoms with Gasteiger partial charge in [0.25, 0.3) is 0 Å². The zero-order valence-corrected chi connectivity index (χ0v) is 21.2. The number of rotatable bonds is 13. The van der Waals surface area contributed by atoms with E-state index in [0.29, 0.717) is 18.2 Å². The Bertz CT molecular complexity index is 658. The summed E-state index contributed by atoms with van der Waals surface area (Å²) in [5.74, 6) is 3.80. The normalized spacial score (nSPS) is 25.5. The van der Waals surface area contributed by atoms with Gasteiger partial charge in [-0.25, -0.2) is 4.98 Å². The Balaban J connectivity index is 1.26. The van der Waals surface area contributed by atoms with Gasteiger partial charge in [0.15, 0.2) is 0 Å². The SMILES string of the molecule is CCCCCCCC1CCC(CCC2CCC(C(=O)Oc3ccc(OCC)nc3)CC2)CC1. The summed E-state index contributed by atoms with van der Waals surface area (Å²) in [4.78, 5) is 16.7. The number of pyridine rings is 1. The van der Waals surface area contributed by atoms with E-state index in [1.165, 1.54) is 89.9 Å². The van der Waals surface area contributed by atoms with Gasteiger partial charge in [0.1, 0.15) is 5.75 Å². The van der Waals surface area contributed by atoms with Crippen LogP contribution >= 0.6 is 0 Å². The van der Waals surface area contributed by atoms with Crippen molar-refractivity contribution in [2.45, 2.75) is 117 Å². The van der Waals surface area contributed by atoms with Crippen molar-refractivity contribution >= 4 is 5.97 Å². The van der Waals surface area contributed by atoms with Crippen molar-refractivity contribution in [1.82, 2.24) is 4.98 Å². The van der Waals surface area contributed by atoms with E-state index in [0.717, 1.165) is 30.6 Å². The van der Waals surface area contributed by atoms with Gasteiger partial charge in [0.2, 0.25) is 5.88 Å². The molecule has 0 unspecified atom stereocenters. The van der Waals surface area contributed by atoms with Crippen LogP contribution in [-0.2, 0) is 4.79 Å². The van der Waals surface area contributed by atoms with Crippen LogP contribution in [0.3, 0.4) is 0 Å². The maximum Gasteiger partial charge on any atom is 0.314 e. The van der Waals surface area contributed by atoms with Gasteiger partial charge in [-0.15, -0.1) is 0 Å². The Hall–Kier alpha value is -1.58. The van der Waals surface area contributed by atoms with Crippen molar-refractivity contribution in [3.8, 4) is 11.6 Å². The lowest BCUT2D eigenvalue weighted by molar-refractivity contribution is -0.140. The second kappa shape index (κ2) is 14.6. The molecule has 0 atom stereocenters. The standard InChI is InChI=1S/C29H47NO3/c1-3-5-6-7-8-9-23-10-12-24(13-11-23)14-15-25-16-18-26(19-17-25)29(31)33-27-20-21-28(30-22-27)32-4-2/h20-26H,3-19H2,1-2H3. The molecule has 186 valence electrons. The first-order valence-corrected chi connectivity index (χ1v) is 14.0. The highest BCUT2D eigenvalue weighted by Gasteiger charge is 2.29. The minimum absolute atomic E-state index is 0.0422. The molecule has 0 aliphatic heterocycles. The number of carbonyl (C=O) groups is 1. The van der Waals surface area contributed by atoms with Gasteiger partial charge in [0, 0.05) is 6.07 Å². The predicted octanol–water partition coefficient (Wildman–Crippen LogP) is 8.14. The molecule has 0 spiro atoms. The molecule has 2 aliphatic rings. The maximum atomic E-state index is 12.6. The third-order valence-electron chi connectivity index (χ3n) is 8.07. The second-order valence-electron chi connectivity index (χ2n) is 10.6. The van der Waals surface area contributed by atoms with Crippen LogP contribution in [0.2, 0.25) is 0 Å². The summed E-state index contributed by atoms with van der Waals surface area (Å²) in [6, 6.07) is 3.52. The molecule has 2 fully saturated rings. The summed E-state index contributed by atoms with van der Waals surface area (Å²) >= 11 is 0. The zero-order chi connectivity index (χ0) is 23.3. The van der Waals surface area contributed by atoms with E-state index >= 15 is 0 Å². The molecule has 1 aromatic rings. The van der Waals surface area contributed by atoms with E-state index < -0.39 is 0 Å². The zero-order valence-electron chi connectivity index (χ0n) is 21.2. The number of hydrogen-bond acceptors (Lipinski definition) is 4. The molecule has 0 aromatic carbocycles. The lowest BCUT2D eigenvalue weighted by Gasteiger charge is -2.31. The second-order valence-corrected chi connectivity index (χ2v) is 10.6. The van der Waals surface area contributed by atoms with Crippen LogP contribution in [0.5, 0.6) is 11.6 Å². The molecule has 0 amide bonds. The Morgan fingerprint density at radius 3 is 2.00 bits per heavy atom. The Kier molecular flexibility index (Phi) is 11.5. The summed E-state index contributed by atoms with van der Waals surface area (Å²) < 4.78 is 10.9. The van der Waals surface area contributed by atoms with Gasteiger partial charge in [-0.3, -0.25) is 4.79 Å².